The average Bonchev–Trinajstić information content (AvgIpc) is 2.91. The van der Waals surface area contributed by atoms with Crippen molar-refractivity contribution < 1.29 is 14.3 Å². The molecule has 0 saturated carbocycles. The molecule has 0 aliphatic heterocycles. The van der Waals surface area contributed by atoms with Crippen LogP contribution in [0.5, 0.6) is 0 Å². The Morgan fingerprint density at radius 2 is 1.82 bits per heavy atom. The summed E-state index contributed by atoms with van der Waals surface area (Å²) >= 11 is 0. The largest absolute Gasteiger partial charge is 0.444 e. The third-order valence-electron chi connectivity index (χ3n) is 2.52. The number of ether oxygens (including phenoxy) is 1. The minimum atomic E-state index is -0.524. The summed E-state index contributed by atoms with van der Waals surface area (Å²) in [6, 6.07) is -0.253. The maximum Gasteiger partial charge on any atom is 0.407 e. The van der Waals surface area contributed by atoms with Crippen LogP contribution in [0.2, 0.25) is 0 Å². The Kier molecular flexibility index (Phi) is 7.21. The number of rotatable bonds is 7. The summed E-state index contributed by atoms with van der Waals surface area (Å²) in [7, 11) is 0. The van der Waals surface area contributed by atoms with Crippen LogP contribution in [0.3, 0.4) is 0 Å². The summed E-state index contributed by atoms with van der Waals surface area (Å²) in [6.45, 7) is 7.42. The van der Waals surface area contributed by atoms with Crippen LogP contribution >= 0.6 is 0 Å². The summed E-state index contributed by atoms with van der Waals surface area (Å²) in [4.78, 5) is 26.8. The molecule has 0 bridgehead atoms. The molecule has 0 unspecified atom stereocenters. The van der Waals surface area contributed by atoms with Gasteiger partial charge in [0.15, 0.2) is 0 Å². The van der Waals surface area contributed by atoms with Crippen molar-refractivity contribution in [2.45, 2.75) is 39.3 Å². The normalized spacial score (nSPS) is 10.9. The van der Waals surface area contributed by atoms with E-state index in [-0.39, 0.29) is 6.03 Å². The molecule has 8 heteroatoms. The van der Waals surface area contributed by atoms with E-state index in [1.165, 1.54) is 0 Å². The van der Waals surface area contributed by atoms with Gasteiger partial charge in [0.2, 0.25) is 0 Å². The number of imidazole rings is 1. The Morgan fingerprint density at radius 3 is 2.45 bits per heavy atom. The van der Waals surface area contributed by atoms with Crippen LogP contribution in [0.15, 0.2) is 18.7 Å². The van der Waals surface area contributed by atoms with Gasteiger partial charge >= 0.3 is 12.1 Å². The smallest absolute Gasteiger partial charge is 0.407 e. The maximum atomic E-state index is 11.5. The highest BCUT2D eigenvalue weighted by Crippen LogP contribution is 2.05. The lowest BCUT2D eigenvalue weighted by Crippen LogP contribution is -2.41. The number of aryl methyl sites for hydroxylation is 1. The second-order valence-corrected chi connectivity index (χ2v) is 5.77. The van der Waals surface area contributed by atoms with E-state index in [0.717, 1.165) is 13.0 Å². The lowest BCUT2D eigenvalue weighted by molar-refractivity contribution is 0.0528. The monoisotopic (exact) mass is 311 g/mol. The van der Waals surface area contributed by atoms with E-state index in [2.05, 4.69) is 20.9 Å². The molecular formula is C14H25N5O3. The van der Waals surface area contributed by atoms with Crippen LogP contribution < -0.4 is 16.0 Å². The lowest BCUT2D eigenvalue weighted by Gasteiger charge is -2.19. The molecule has 1 aromatic rings. The highest BCUT2D eigenvalue weighted by atomic mass is 16.6. The summed E-state index contributed by atoms with van der Waals surface area (Å²) < 4.78 is 7.02. The van der Waals surface area contributed by atoms with E-state index in [9.17, 15) is 9.59 Å². The molecule has 0 atom stereocenters. The number of urea groups is 1. The maximum absolute atomic E-state index is 11.5. The van der Waals surface area contributed by atoms with E-state index in [1.54, 1.807) is 33.3 Å². The van der Waals surface area contributed by atoms with Crippen LogP contribution in [0.25, 0.3) is 0 Å². The van der Waals surface area contributed by atoms with Gasteiger partial charge in [-0.1, -0.05) is 0 Å². The molecule has 0 saturated heterocycles. The number of hydrogen-bond acceptors (Lipinski definition) is 4. The molecule has 0 radical (unpaired) electrons. The van der Waals surface area contributed by atoms with Crippen LogP contribution in [-0.2, 0) is 11.3 Å². The standard InChI is InChI=1S/C14H25N5O3/c1-14(2,3)22-13(21)18-7-6-17-12(20)16-5-4-9-19-10-8-15-11-19/h8,10-11H,4-7,9H2,1-3H3,(H,18,21)(H2,16,17,20). The van der Waals surface area contributed by atoms with Crippen molar-refractivity contribution in [1.29, 1.82) is 0 Å². The molecule has 0 aliphatic rings. The first-order valence-electron chi connectivity index (χ1n) is 7.31. The first kappa shape index (κ1) is 17.8. The van der Waals surface area contributed by atoms with Gasteiger partial charge < -0.3 is 25.3 Å². The molecule has 0 fully saturated rings. The predicted octanol–water partition coefficient (Wildman–Crippen LogP) is 1.10. The zero-order valence-electron chi connectivity index (χ0n) is 13.4. The molecule has 1 aromatic heterocycles. The summed E-state index contributed by atoms with van der Waals surface area (Å²) in [6.07, 6.45) is 5.66. The van der Waals surface area contributed by atoms with Crippen molar-refractivity contribution in [3.63, 3.8) is 0 Å². The molecule has 0 aromatic carbocycles. The zero-order valence-corrected chi connectivity index (χ0v) is 13.4. The van der Waals surface area contributed by atoms with Crippen LogP contribution in [0.4, 0.5) is 9.59 Å². The van der Waals surface area contributed by atoms with Crippen LogP contribution in [-0.4, -0.2) is 46.9 Å². The number of carbonyl (C=O) groups excluding carboxylic acids is 2. The highest BCUT2D eigenvalue weighted by molar-refractivity contribution is 5.73. The van der Waals surface area contributed by atoms with Crippen LogP contribution in [0, 0.1) is 0 Å². The van der Waals surface area contributed by atoms with E-state index >= 15 is 0 Å². The van der Waals surface area contributed by atoms with Crippen molar-refractivity contribution in [2.24, 2.45) is 0 Å². The van der Waals surface area contributed by atoms with Crippen molar-refractivity contribution in [1.82, 2.24) is 25.5 Å². The van der Waals surface area contributed by atoms with Crippen LogP contribution in [0.1, 0.15) is 27.2 Å². The van der Waals surface area contributed by atoms with Gasteiger partial charge in [0, 0.05) is 38.6 Å². The fourth-order valence-corrected chi connectivity index (χ4v) is 1.60. The minimum absolute atomic E-state index is 0.253. The molecule has 0 spiro atoms. The summed E-state index contributed by atoms with van der Waals surface area (Å²) in [5, 5.41) is 7.97. The van der Waals surface area contributed by atoms with Crippen molar-refractivity contribution in [2.75, 3.05) is 19.6 Å². The Bertz CT molecular complexity index is 454. The number of alkyl carbamates (subject to hydrolysis) is 1. The van der Waals surface area contributed by atoms with E-state index < -0.39 is 11.7 Å². The molecule has 0 aliphatic carbocycles. The fraction of sp³-hybridized carbons (Fsp3) is 0.643. The summed E-state index contributed by atoms with van der Waals surface area (Å²) in [5.74, 6) is 0. The second-order valence-electron chi connectivity index (χ2n) is 5.77. The van der Waals surface area contributed by atoms with E-state index in [0.29, 0.717) is 19.6 Å². The van der Waals surface area contributed by atoms with Gasteiger partial charge in [-0.2, -0.15) is 0 Å². The molecule has 1 heterocycles. The van der Waals surface area contributed by atoms with Crippen molar-refractivity contribution in [3.8, 4) is 0 Å². The quantitative estimate of drug-likeness (QED) is 0.657. The second kappa shape index (κ2) is 8.91. The Morgan fingerprint density at radius 1 is 1.14 bits per heavy atom. The molecule has 124 valence electrons. The Hall–Kier alpha value is -2.25. The highest BCUT2D eigenvalue weighted by Gasteiger charge is 2.15. The van der Waals surface area contributed by atoms with Gasteiger partial charge in [-0.3, -0.25) is 0 Å². The zero-order chi connectivity index (χ0) is 16.4. The fourth-order valence-electron chi connectivity index (χ4n) is 1.60. The predicted molar refractivity (Wildman–Crippen MR) is 82.5 cm³/mol. The van der Waals surface area contributed by atoms with Crippen molar-refractivity contribution in [3.05, 3.63) is 18.7 Å². The number of amides is 3. The Balaban J connectivity index is 1.98. The first-order chi connectivity index (χ1) is 10.4. The minimum Gasteiger partial charge on any atom is -0.444 e. The third kappa shape index (κ3) is 8.83. The van der Waals surface area contributed by atoms with Gasteiger partial charge in [-0.05, 0) is 27.2 Å². The van der Waals surface area contributed by atoms with E-state index in [4.69, 9.17) is 4.74 Å². The molecule has 1 rings (SSSR count). The topological polar surface area (TPSA) is 97.3 Å². The van der Waals surface area contributed by atoms with Gasteiger partial charge in [-0.25, -0.2) is 14.6 Å². The van der Waals surface area contributed by atoms with Gasteiger partial charge in [0.25, 0.3) is 0 Å². The number of nitrogens with one attached hydrogen (secondary N) is 3. The lowest BCUT2D eigenvalue weighted by atomic mass is 10.2. The third-order valence-corrected chi connectivity index (χ3v) is 2.52. The molecule has 8 nitrogen and oxygen atoms in total. The van der Waals surface area contributed by atoms with Crippen molar-refractivity contribution >= 4 is 12.1 Å². The van der Waals surface area contributed by atoms with Gasteiger partial charge in [0.1, 0.15) is 5.60 Å². The van der Waals surface area contributed by atoms with E-state index in [1.807, 2.05) is 10.8 Å². The summed E-state index contributed by atoms with van der Waals surface area (Å²) in [5.41, 5.74) is -0.524. The Labute approximate surface area is 130 Å². The number of nitrogens with zero attached hydrogens (tertiary/aromatic N) is 2. The number of carbonyl (C=O) groups is 2. The van der Waals surface area contributed by atoms with Gasteiger partial charge in [0.05, 0.1) is 6.33 Å². The first-order valence-corrected chi connectivity index (χ1v) is 7.31. The molecule has 3 N–H and O–H groups in total. The number of hydrogen-bond donors (Lipinski definition) is 3. The SMILES string of the molecule is CC(C)(C)OC(=O)NCCNC(=O)NCCCn1ccnc1. The average molecular weight is 311 g/mol. The molecule has 3 amide bonds. The number of aromatic nitrogens is 2. The molecule has 22 heavy (non-hydrogen) atoms. The van der Waals surface area contributed by atoms with Gasteiger partial charge in [-0.15, -0.1) is 0 Å². The molecular weight excluding hydrogens is 286 g/mol.